The highest BCUT2D eigenvalue weighted by Gasteiger charge is 2.64. The maximum Gasteiger partial charge on any atom is 0.302 e. The number of carbonyl (C=O) groups excluding carboxylic acids is 3. The molecule has 0 aromatic carbocycles. The van der Waals surface area contributed by atoms with Crippen molar-refractivity contribution >= 4 is 17.5 Å². The van der Waals surface area contributed by atoms with Gasteiger partial charge in [0.2, 0.25) is 5.78 Å². The summed E-state index contributed by atoms with van der Waals surface area (Å²) in [6.45, 7) is 14.5. The van der Waals surface area contributed by atoms with Crippen molar-refractivity contribution in [3.8, 4) is 0 Å². The lowest BCUT2D eigenvalue weighted by atomic mass is 9.52. The van der Waals surface area contributed by atoms with E-state index in [1.165, 1.54) is 13.0 Å². The molecule has 2 aliphatic carbocycles. The van der Waals surface area contributed by atoms with E-state index in [-0.39, 0.29) is 35.0 Å². The molecule has 3 unspecified atom stereocenters. The normalized spacial score (nSPS) is 37.7. The number of hydrogen-bond acceptors (Lipinski definition) is 8. The summed E-state index contributed by atoms with van der Waals surface area (Å²) in [5.41, 5.74) is -2.12. The third kappa shape index (κ3) is 4.66. The Morgan fingerprint density at radius 3 is 2.45 bits per heavy atom. The Morgan fingerprint density at radius 1 is 1.21 bits per heavy atom. The first-order valence-corrected chi connectivity index (χ1v) is 14.0. The first-order valence-electron chi connectivity index (χ1n) is 14.0. The second-order valence-electron chi connectivity index (χ2n) is 13.0. The first-order chi connectivity index (χ1) is 17.5. The van der Waals surface area contributed by atoms with Gasteiger partial charge in [0.1, 0.15) is 11.7 Å². The summed E-state index contributed by atoms with van der Waals surface area (Å²) in [6, 6.07) is 0. The van der Waals surface area contributed by atoms with E-state index >= 15 is 0 Å². The molecular formula is C30H44O8. The van der Waals surface area contributed by atoms with Crippen LogP contribution in [0.1, 0.15) is 87.5 Å². The number of rotatable bonds is 6. The minimum Gasteiger partial charge on any atom is -0.482 e. The van der Waals surface area contributed by atoms with Crippen LogP contribution in [0.3, 0.4) is 0 Å². The van der Waals surface area contributed by atoms with Gasteiger partial charge in [0.25, 0.3) is 0 Å². The third-order valence-electron chi connectivity index (χ3n) is 9.77. The lowest BCUT2D eigenvalue weighted by Crippen LogP contribution is -2.66. The minimum atomic E-state index is -1.19. The molecule has 8 heteroatoms. The number of Topliss-reactive ketones (excluding diaryl/α,β-unsaturated/α-hetero) is 1. The molecule has 0 aromatic rings. The predicted molar refractivity (Wildman–Crippen MR) is 140 cm³/mol. The highest BCUT2D eigenvalue weighted by molar-refractivity contribution is 6.22. The van der Waals surface area contributed by atoms with Crippen LogP contribution in [0.5, 0.6) is 0 Å². The van der Waals surface area contributed by atoms with Gasteiger partial charge in [-0.1, -0.05) is 34.1 Å². The summed E-state index contributed by atoms with van der Waals surface area (Å²) >= 11 is 0. The zero-order valence-electron chi connectivity index (χ0n) is 24.0. The monoisotopic (exact) mass is 532 g/mol. The molecule has 2 fully saturated rings. The summed E-state index contributed by atoms with van der Waals surface area (Å²) in [7, 11) is 0. The SMILES string of the molecule is CC[C@H](C)[C@@H](OC(C)=O)[C@@H](C)C1=CC(=O)C2=C(O[C@]3(C)CCC4O[C@@H](C(C)(C)O)CC[C@]4(C)C3C2O)C1=O. The van der Waals surface area contributed by atoms with E-state index in [0.717, 1.165) is 6.42 Å². The van der Waals surface area contributed by atoms with Gasteiger partial charge in [-0.05, 0) is 58.4 Å². The average molecular weight is 533 g/mol. The Kier molecular flexibility index (Phi) is 7.52. The van der Waals surface area contributed by atoms with Crippen LogP contribution in [-0.2, 0) is 28.6 Å². The molecule has 38 heavy (non-hydrogen) atoms. The van der Waals surface area contributed by atoms with Crippen LogP contribution in [-0.4, -0.2) is 63.4 Å². The predicted octanol–water partition coefficient (Wildman–Crippen LogP) is 3.82. The van der Waals surface area contributed by atoms with E-state index in [4.69, 9.17) is 14.2 Å². The number of ether oxygens (including phenoxy) is 3. The highest BCUT2D eigenvalue weighted by atomic mass is 16.5. The van der Waals surface area contributed by atoms with Crippen molar-refractivity contribution in [1.82, 2.24) is 0 Å². The second kappa shape index (κ2) is 9.86. The molecule has 2 heterocycles. The van der Waals surface area contributed by atoms with Crippen LogP contribution >= 0.6 is 0 Å². The molecule has 0 aromatic heterocycles. The molecule has 0 radical (unpaired) electrons. The average Bonchev–Trinajstić information content (AvgIpc) is 2.81. The smallest absolute Gasteiger partial charge is 0.302 e. The Hall–Kier alpha value is -2.03. The largest absolute Gasteiger partial charge is 0.482 e. The van der Waals surface area contributed by atoms with E-state index in [2.05, 4.69) is 6.92 Å². The van der Waals surface area contributed by atoms with Crippen molar-refractivity contribution in [1.29, 1.82) is 0 Å². The molecule has 212 valence electrons. The van der Waals surface area contributed by atoms with Crippen molar-refractivity contribution in [3.05, 3.63) is 23.0 Å². The quantitative estimate of drug-likeness (QED) is 0.391. The molecule has 1 saturated carbocycles. The molecule has 0 bridgehead atoms. The van der Waals surface area contributed by atoms with Crippen molar-refractivity contribution in [2.45, 2.75) is 123 Å². The number of fused-ring (bicyclic) bond motifs is 3. The van der Waals surface area contributed by atoms with Crippen molar-refractivity contribution in [2.24, 2.45) is 23.2 Å². The van der Waals surface area contributed by atoms with Gasteiger partial charge >= 0.3 is 5.97 Å². The zero-order chi connectivity index (χ0) is 28.4. The molecule has 4 aliphatic rings. The lowest BCUT2D eigenvalue weighted by molar-refractivity contribution is -0.260. The fourth-order valence-corrected chi connectivity index (χ4v) is 7.46. The molecule has 0 spiro atoms. The van der Waals surface area contributed by atoms with Crippen LogP contribution in [0.2, 0.25) is 0 Å². The zero-order valence-corrected chi connectivity index (χ0v) is 24.0. The number of esters is 1. The number of hydrogen-bond donors (Lipinski definition) is 2. The number of ketones is 2. The summed E-state index contributed by atoms with van der Waals surface area (Å²) < 4.78 is 18.4. The number of aliphatic hydroxyl groups excluding tert-OH is 1. The van der Waals surface area contributed by atoms with Gasteiger partial charge in [-0.2, -0.15) is 0 Å². The summed E-state index contributed by atoms with van der Waals surface area (Å²) in [6.07, 6.45) is 2.21. The van der Waals surface area contributed by atoms with E-state index in [0.29, 0.717) is 25.7 Å². The van der Waals surface area contributed by atoms with Crippen LogP contribution in [0.25, 0.3) is 0 Å². The van der Waals surface area contributed by atoms with E-state index in [1.807, 2.05) is 20.8 Å². The van der Waals surface area contributed by atoms with Gasteiger partial charge in [0.15, 0.2) is 11.5 Å². The van der Waals surface area contributed by atoms with Crippen LogP contribution in [0, 0.1) is 23.2 Å². The Bertz CT molecular complexity index is 1070. The minimum absolute atomic E-state index is 0.00693. The van der Waals surface area contributed by atoms with Crippen LogP contribution in [0.4, 0.5) is 0 Å². The van der Waals surface area contributed by atoms with Gasteiger partial charge in [-0.15, -0.1) is 0 Å². The van der Waals surface area contributed by atoms with Gasteiger partial charge in [0.05, 0.1) is 29.5 Å². The highest BCUT2D eigenvalue weighted by Crippen LogP contribution is 2.59. The molecule has 2 N–H and O–H groups in total. The first kappa shape index (κ1) is 29.0. The Morgan fingerprint density at radius 2 is 1.87 bits per heavy atom. The van der Waals surface area contributed by atoms with Gasteiger partial charge in [0, 0.05) is 29.7 Å². The van der Waals surface area contributed by atoms with Gasteiger partial charge < -0.3 is 24.4 Å². The molecule has 4 rings (SSSR count). The number of allylic oxidation sites excluding steroid dienone is 2. The maximum absolute atomic E-state index is 13.8. The van der Waals surface area contributed by atoms with Crippen molar-refractivity contribution in [3.63, 3.8) is 0 Å². The second-order valence-corrected chi connectivity index (χ2v) is 13.0. The fraction of sp³-hybridized carbons (Fsp3) is 0.767. The fourth-order valence-electron chi connectivity index (χ4n) is 7.46. The summed E-state index contributed by atoms with van der Waals surface area (Å²) in [4.78, 5) is 39.1. The van der Waals surface area contributed by atoms with E-state index in [9.17, 15) is 24.6 Å². The summed E-state index contributed by atoms with van der Waals surface area (Å²) in [5, 5.41) is 22.3. The van der Waals surface area contributed by atoms with E-state index in [1.54, 1.807) is 20.8 Å². The summed E-state index contributed by atoms with van der Waals surface area (Å²) in [5.74, 6) is -2.41. The number of aliphatic hydroxyl groups is 2. The lowest BCUT2D eigenvalue weighted by Gasteiger charge is -2.61. The molecule has 1 saturated heterocycles. The standard InChI is InChI=1S/C30H44O8/c1-9-15(2)25(36-17(4)31)16(3)18-14-19(32)22-24(34)27-29(7)12-10-20(28(5,6)35)37-21(29)11-13-30(27,8)38-26(22)23(18)33/h14-16,20-21,24-25,27,34-35H,9-13H2,1-8H3/t15-,16-,20+,21?,24?,25+,27?,29-,30+/m0/s1. The molecule has 0 amide bonds. The molecule has 8 nitrogen and oxygen atoms in total. The Labute approximate surface area is 225 Å². The molecular weight excluding hydrogens is 488 g/mol. The molecule has 2 aliphatic heterocycles. The van der Waals surface area contributed by atoms with Crippen molar-refractivity contribution < 1.29 is 38.8 Å². The molecule has 9 atom stereocenters. The van der Waals surface area contributed by atoms with E-state index < -0.39 is 58.2 Å². The number of carbonyl (C=O) groups is 3. The van der Waals surface area contributed by atoms with Gasteiger partial charge in [-0.3, -0.25) is 14.4 Å². The Balaban J connectivity index is 1.67. The van der Waals surface area contributed by atoms with Gasteiger partial charge in [-0.25, -0.2) is 0 Å². The third-order valence-corrected chi connectivity index (χ3v) is 9.77. The maximum atomic E-state index is 13.8. The van der Waals surface area contributed by atoms with Crippen molar-refractivity contribution in [2.75, 3.05) is 0 Å². The van der Waals surface area contributed by atoms with Crippen LogP contribution < -0.4 is 0 Å². The topological polar surface area (TPSA) is 119 Å². The van der Waals surface area contributed by atoms with Crippen LogP contribution in [0.15, 0.2) is 23.0 Å².